The number of carbonyl (C=O) groups excluding carboxylic acids is 1. The SMILES string of the molecule is CC(=O)N1CCCC1C1CCCN1c1cccc(F)c1C#N. The zero-order chi connectivity index (χ0) is 15.7. The van der Waals surface area contributed by atoms with E-state index in [4.69, 9.17) is 0 Å². The van der Waals surface area contributed by atoms with E-state index in [1.807, 2.05) is 17.0 Å². The van der Waals surface area contributed by atoms with E-state index in [1.54, 1.807) is 13.0 Å². The summed E-state index contributed by atoms with van der Waals surface area (Å²) < 4.78 is 13.9. The van der Waals surface area contributed by atoms with Crippen LogP contribution in [0.25, 0.3) is 0 Å². The third-order valence-electron chi connectivity index (χ3n) is 4.86. The second kappa shape index (κ2) is 5.96. The lowest BCUT2D eigenvalue weighted by Gasteiger charge is -2.36. The van der Waals surface area contributed by atoms with Crippen molar-refractivity contribution >= 4 is 11.6 Å². The molecule has 1 aromatic rings. The van der Waals surface area contributed by atoms with Crippen LogP contribution in [0.15, 0.2) is 18.2 Å². The molecule has 0 spiro atoms. The minimum atomic E-state index is -0.472. The van der Waals surface area contributed by atoms with Crippen molar-refractivity contribution in [2.75, 3.05) is 18.0 Å². The van der Waals surface area contributed by atoms with E-state index < -0.39 is 5.82 Å². The van der Waals surface area contributed by atoms with E-state index in [0.29, 0.717) is 5.69 Å². The molecule has 2 aliphatic heterocycles. The third-order valence-corrected chi connectivity index (χ3v) is 4.86. The topological polar surface area (TPSA) is 47.3 Å². The first-order chi connectivity index (χ1) is 10.6. The van der Waals surface area contributed by atoms with Gasteiger partial charge in [0.25, 0.3) is 0 Å². The van der Waals surface area contributed by atoms with Gasteiger partial charge in [0, 0.05) is 26.1 Å². The molecule has 2 aliphatic rings. The fourth-order valence-electron chi connectivity index (χ4n) is 3.94. The van der Waals surface area contributed by atoms with Gasteiger partial charge in [0.1, 0.15) is 17.4 Å². The van der Waals surface area contributed by atoms with Crippen LogP contribution < -0.4 is 4.90 Å². The summed E-state index contributed by atoms with van der Waals surface area (Å²) in [6.45, 7) is 3.23. The van der Waals surface area contributed by atoms with Gasteiger partial charge in [-0.3, -0.25) is 4.79 Å². The van der Waals surface area contributed by atoms with Gasteiger partial charge < -0.3 is 9.80 Å². The lowest BCUT2D eigenvalue weighted by Crippen LogP contribution is -2.48. The summed E-state index contributed by atoms with van der Waals surface area (Å²) >= 11 is 0. The van der Waals surface area contributed by atoms with Crippen LogP contribution in [0.1, 0.15) is 38.2 Å². The first kappa shape index (κ1) is 14.8. The quantitative estimate of drug-likeness (QED) is 0.844. The molecule has 0 aliphatic carbocycles. The van der Waals surface area contributed by atoms with Crippen LogP contribution >= 0.6 is 0 Å². The summed E-state index contributed by atoms with van der Waals surface area (Å²) in [5.74, 6) is -0.366. The predicted octanol–water partition coefficient (Wildman–Crippen LogP) is 2.68. The van der Waals surface area contributed by atoms with Gasteiger partial charge >= 0.3 is 0 Å². The Morgan fingerprint density at radius 1 is 1.27 bits per heavy atom. The normalized spacial score (nSPS) is 24.6. The van der Waals surface area contributed by atoms with Crippen molar-refractivity contribution in [3.63, 3.8) is 0 Å². The van der Waals surface area contributed by atoms with Crippen LogP contribution in [0.5, 0.6) is 0 Å². The average molecular weight is 301 g/mol. The lowest BCUT2D eigenvalue weighted by atomic mass is 10.0. The summed E-state index contributed by atoms with van der Waals surface area (Å²) in [5.41, 5.74) is 0.780. The predicted molar refractivity (Wildman–Crippen MR) is 81.9 cm³/mol. The molecule has 3 rings (SSSR count). The number of halogens is 1. The van der Waals surface area contributed by atoms with Crippen LogP contribution in [0.3, 0.4) is 0 Å². The molecule has 2 fully saturated rings. The zero-order valence-electron chi connectivity index (χ0n) is 12.8. The van der Waals surface area contributed by atoms with Crippen molar-refractivity contribution in [1.82, 2.24) is 4.90 Å². The molecule has 0 bridgehead atoms. The number of benzene rings is 1. The number of nitrogens with zero attached hydrogens (tertiary/aromatic N) is 3. The average Bonchev–Trinajstić information content (AvgIpc) is 3.15. The summed E-state index contributed by atoms with van der Waals surface area (Å²) in [6.07, 6.45) is 3.99. The highest BCUT2D eigenvalue weighted by molar-refractivity contribution is 5.74. The fraction of sp³-hybridized carbons (Fsp3) is 0.529. The van der Waals surface area contributed by atoms with Crippen LogP contribution in [0, 0.1) is 17.1 Å². The first-order valence-electron chi connectivity index (χ1n) is 7.86. The standard InChI is InChI=1S/C17H20FN3O/c1-12(22)20-9-3-7-16(20)17-8-4-10-21(17)15-6-2-5-14(18)13(15)11-19/h2,5-6,16-17H,3-4,7-10H2,1H3. The molecule has 0 radical (unpaired) electrons. The zero-order valence-corrected chi connectivity index (χ0v) is 12.8. The summed E-state index contributed by atoms with van der Waals surface area (Å²) in [7, 11) is 0. The highest BCUT2D eigenvalue weighted by atomic mass is 19.1. The molecule has 22 heavy (non-hydrogen) atoms. The monoisotopic (exact) mass is 301 g/mol. The molecule has 116 valence electrons. The fourth-order valence-corrected chi connectivity index (χ4v) is 3.94. The van der Waals surface area contributed by atoms with Gasteiger partial charge in [-0.1, -0.05) is 6.07 Å². The van der Waals surface area contributed by atoms with Gasteiger partial charge in [-0.2, -0.15) is 5.26 Å². The second-order valence-corrected chi connectivity index (χ2v) is 6.07. The maximum atomic E-state index is 13.9. The highest BCUT2D eigenvalue weighted by Crippen LogP contribution is 2.35. The summed E-state index contributed by atoms with van der Waals surface area (Å²) in [6, 6.07) is 7.13. The van der Waals surface area contributed by atoms with Crippen LogP contribution in [0.4, 0.5) is 10.1 Å². The third kappa shape index (κ3) is 2.43. The van der Waals surface area contributed by atoms with E-state index >= 15 is 0 Å². The Morgan fingerprint density at radius 2 is 2.00 bits per heavy atom. The Kier molecular flexibility index (Phi) is 4.02. The number of carbonyl (C=O) groups is 1. The van der Waals surface area contributed by atoms with E-state index in [-0.39, 0.29) is 23.6 Å². The number of amides is 1. The molecule has 1 aromatic carbocycles. The summed E-state index contributed by atoms with van der Waals surface area (Å²) in [5, 5.41) is 9.27. The largest absolute Gasteiger partial charge is 0.365 e. The molecular formula is C17H20FN3O. The molecule has 1 amide bonds. The second-order valence-electron chi connectivity index (χ2n) is 6.07. The number of hydrogen-bond acceptors (Lipinski definition) is 3. The van der Waals surface area contributed by atoms with Crippen LogP contribution in [-0.2, 0) is 4.79 Å². The lowest BCUT2D eigenvalue weighted by molar-refractivity contribution is -0.129. The van der Waals surface area contributed by atoms with Gasteiger partial charge in [0.05, 0.1) is 11.7 Å². The molecule has 5 heteroatoms. The van der Waals surface area contributed by atoms with Crippen molar-refractivity contribution in [2.45, 2.75) is 44.7 Å². The maximum absolute atomic E-state index is 13.9. The molecule has 2 saturated heterocycles. The Balaban J connectivity index is 1.93. The number of rotatable bonds is 2. The molecule has 0 N–H and O–H groups in total. The molecule has 2 atom stereocenters. The van der Waals surface area contributed by atoms with Gasteiger partial charge in [-0.05, 0) is 37.8 Å². The molecule has 2 heterocycles. The van der Waals surface area contributed by atoms with Crippen LogP contribution in [-0.4, -0.2) is 36.0 Å². The first-order valence-corrected chi connectivity index (χ1v) is 7.86. The number of likely N-dealkylation sites (tertiary alicyclic amines) is 1. The van der Waals surface area contributed by atoms with E-state index in [9.17, 15) is 14.4 Å². The van der Waals surface area contributed by atoms with Crippen molar-refractivity contribution < 1.29 is 9.18 Å². The van der Waals surface area contributed by atoms with Crippen molar-refractivity contribution in [3.05, 3.63) is 29.6 Å². The molecule has 0 aromatic heterocycles. The maximum Gasteiger partial charge on any atom is 0.219 e. The van der Waals surface area contributed by atoms with Gasteiger partial charge in [0.2, 0.25) is 5.91 Å². The Bertz CT molecular complexity index is 625. The van der Waals surface area contributed by atoms with E-state index in [0.717, 1.165) is 38.8 Å². The Hall–Kier alpha value is -2.09. The number of hydrogen-bond donors (Lipinski definition) is 0. The Labute approximate surface area is 130 Å². The molecule has 0 saturated carbocycles. The van der Waals surface area contributed by atoms with E-state index in [2.05, 4.69) is 4.90 Å². The smallest absolute Gasteiger partial charge is 0.219 e. The van der Waals surface area contributed by atoms with Crippen molar-refractivity contribution in [3.8, 4) is 6.07 Å². The van der Waals surface area contributed by atoms with Crippen molar-refractivity contribution in [1.29, 1.82) is 5.26 Å². The van der Waals surface area contributed by atoms with Gasteiger partial charge in [-0.15, -0.1) is 0 Å². The van der Waals surface area contributed by atoms with E-state index in [1.165, 1.54) is 6.07 Å². The Morgan fingerprint density at radius 3 is 2.73 bits per heavy atom. The van der Waals surface area contributed by atoms with Gasteiger partial charge in [-0.25, -0.2) is 4.39 Å². The minimum absolute atomic E-state index is 0.106. The van der Waals surface area contributed by atoms with Gasteiger partial charge in [0.15, 0.2) is 0 Å². The highest BCUT2D eigenvalue weighted by Gasteiger charge is 2.39. The number of anilines is 1. The van der Waals surface area contributed by atoms with Crippen LogP contribution in [0.2, 0.25) is 0 Å². The van der Waals surface area contributed by atoms with Crippen molar-refractivity contribution in [2.24, 2.45) is 0 Å². The summed E-state index contributed by atoms with van der Waals surface area (Å²) in [4.78, 5) is 15.9. The minimum Gasteiger partial charge on any atom is -0.365 e. The molecule has 2 unspecified atom stereocenters. The molecular weight excluding hydrogens is 281 g/mol. The number of nitriles is 1. The molecule has 4 nitrogen and oxygen atoms in total.